The standard InChI is InChI=1S/C10H15NO2/c12-10(13)6-8-11-7-5-9-3-1-2-4-9/h3,6,8,11H,1-2,4-5,7H2,(H,12,13)/b8-6+. The van der Waals surface area contributed by atoms with Crippen LogP contribution in [-0.4, -0.2) is 17.6 Å². The van der Waals surface area contributed by atoms with E-state index in [-0.39, 0.29) is 0 Å². The number of hydrogen-bond acceptors (Lipinski definition) is 2. The highest BCUT2D eigenvalue weighted by Crippen LogP contribution is 2.19. The Morgan fingerprint density at radius 2 is 2.54 bits per heavy atom. The molecule has 1 rings (SSSR count). The molecule has 0 spiro atoms. The third kappa shape index (κ3) is 4.35. The van der Waals surface area contributed by atoms with Crippen molar-refractivity contribution in [3.63, 3.8) is 0 Å². The molecule has 3 heteroatoms. The first kappa shape index (κ1) is 9.84. The first-order valence-corrected chi connectivity index (χ1v) is 4.60. The number of hydrogen-bond donors (Lipinski definition) is 2. The average molecular weight is 181 g/mol. The van der Waals surface area contributed by atoms with Crippen molar-refractivity contribution >= 4 is 5.97 Å². The molecule has 0 atom stereocenters. The molecule has 2 N–H and O–H groups in total. The van der Waals surface area contributed by atoms with Crippen LogP contribution in [0.5, 0.6) is 0 Å². The number of carboxylic acid groups (broad SMARTS) is 1. The third-order valence-corrected chi connectivity index (χ3v) is 2.07. The minimum atomic E-state index is -0.910. The molecular formula is C10H15NO2. The van der Waals surface area contributed by atoms with Crippen molar-refractivity contribution < 1.29 is 9.90 Å². The maximum atomic E-state index is 10.1. The van der Waals surface area contributed by atoms with Gasteiger partial charge in [0.25, 0.3) is 0 Å². The normalized spacial score (nSPS) is 16.2. The first-order chi connectivity index (χ1) is 6.29. The molecule has 0 aromatic rings. The monoisotopic (exact) mass is 181 g/mol. The molecule has 0 bridgehead atoms. The van der Waals surface area contributed by atoms with Gasteiger partial charge in [0.15, 0.2) is 0 Å². The predicted octanol–water partition coefficient (Wildman–Crippen LogP) is 1.67. The molecular weight excluding hydrogens is 166 g/mol. The lowest BCUT2D eigenvalue weighted by molar-refractivity contribution is -0.131. The largest absolute Gasteiger partial charge is 0.478 e. The van der Waals surface area contributed by atoms with E-state index in [1.807, 2.05) is 0 Å². The van der Waals surface area contributed by atoms with Gasteiger partial charge in [-0.25, -0.2) is 4.79 Å². The number of nitrogens with one attached hydrogen (secondary N) is 1. The van der Waals surface area contributed by atoms with E-state index >= 15 is 0 Å². The second-order valence-corrected chi connectivity index (χ2v) is 3.13. The Hall–Kier alpha value is -1.25. The molecule has 0 radical (unpaired) electrons. The van der Waals surface area contributed by atoms with Gasteiger partial charge in [0, 0.05) is 18.8 Å². The van der Waals surface area contributed by atoms with Crippen molar-refractivity contribution in [1.29, 1.82) is 0 Å². The molecule has 3 nitrogen and oxygen atoms in total. The van der Waals surface area contributed by atoms with Crippen molar-refractivity contribution in [2.24, 2.45) is 0 Å². The summed E-state index contributed by atoms with van der Waals surface area (Å²) in [4.78, 5) is 10.1. The van der Waals surface area contributed by atoms with Crippen LogP contribution in [0.3, 0.4) is 0 Å². The molecule has 0 heterocycles. The van der Waals surface area contributed by atoms with Crippen molar-refractivity contribution in [1.82, 2.24) is 5.32 Å². The highest BCUT2D eigenvalue weighted by molar-refractivity contribution is 5.79. The van der Waals surface area contributed by atoms with Gasteiger partial charge < -0.3 is 10.4 Å². The molecule has 0 saturated carbocycles. The Kier molecular flexibility index (Phi) is 4.09. The van der Waals surface area contributed by atoms with Crippen LogP contribution in [0.1, 0.15) is 25.7 Å². The fourth-order valence-corrected chi connectivity index (χ4v) is 1.41. The van der Waals surface area contributed by atoms with E-state index in [2.05, 4.69) is 11.4 Å². The summed E-state index contributed by atoms with van der Waals surface area (Å²) >= 11 is 0. The molecule has 0 aromatic heterocycles. The van der Waals surface area contributed by atoms with Crippen LogP contribution in [0, 0.1) is 0 Å². The van der Waals surface area contributed by atoms with Crippen LogP contribution in [-0.2, 0) is 4.79 Å². The molecule has 0 aromatic carbocycles. The summed E-state index contributed by atoms with van der Waals surface area (Å²) in [5.74, 6) is -0.910. The van der Waals surface area contributed by atoms with Crippen molar-refractivity contribution in [2.75, 3.05) is 6.54 Å². The summed E-state index contributed by atoms with van der Waals surface area (Å²) in [6, 6.07) is 0. The SMILES string of the molecule is O=C(O)/C=C/NCCC1=CCCC1. The van der Waals surface area contributed by atoms with Gasteiger partial charge in [-0.15, -0.1) is 0 Å². The second kappa shape index (κ2) is 5.41. The number of aliphatic carboxylic acids is 1. The van der Waals surface area contributed by atoms with E-state index in [9.17, 15) is 4.79 Å². The zero-order valence-corrected chi connectivity index (χ0v) is 7.62. The molecule has 72 valence electrons. The molecule has 1 aliphatic carbocycles. The average Bonchev–Trinajstić information content (AvgIpc) is 2.55. The lowest BCUT2D eigenvalue weighted by atomic mass is 10.2. The van der Waals surface area contributed by atoms with Crippen LogP contribution in [0.4, 0.5) is 0 Å². The Bertz CT molecular complexity index is 231. The Labute approximate surface area is 78.1 Å². The lowest BCUT2D eigenvalue weighted by Crippen LogP contribution is -2.08. The molecule has 1 aliphatic rings. The predicted molar refractivity (Wildman–Crippen MR) is 51.3 cm³/mol. The number of rotatable bonds is 5. The van der Waals surface area contributed by atoms with Gasteiger partial charge >= 0.3 is 5.97 Å². The summed E-state index contributed by atoms with van der Waals surface area (Å²) in [6.07, 6.45) is 9.61. The number of carboxylic acids is 1. The summed E-state index contributed by atoms with van der Waals surface area (Å²) < 4.78 is 0. The molecule has 0 aliphatic heterocycles. The van der Waals surface area contributed by atoms with Gasteiger partial charge in [-0.3, -0.25) is 0 Å². The fraction of sp³-hybridized carbons (Fsp3) is 0.500. The van der Waals surface area contributed by atoms with Crippen LogP contribution < -0.4 is 5.32 Å². The summed E-state index contributed by atoms with van der Waals surface area (Å²) in [5, 5.41) is 11.2. The molecule has 0 saturated heterocycles. The quantitative estimate of drug-likeness (QED) is 0.385. The van der Waals surface area contributed by atoms with E-state index in [1.165, 1.54) is 31.0 Å². The summed E-state index contributed by atoms with van der Waals surface area (Å²) in [5.41, 5.74) is 1.50. The van der Waals surface area contributed by atoms with E-state index in [1.54, 1.807) is 0 Å². The highest BCUT2D eigenvalue weighted by Gasteiger charge is 2.02. The Morgan fingerprint density at radius 3 is 3.15 bits per heavy atom. The minimum Gasteiger partial charge on any atom is -0.478 e. The zero-order valence-electron chi connectivity index (χ0n) is 7.62. The van der Waals surface area contributed by atoms with Crippen LogP contribution in [0.15, 0.2) is 23.9 Å². The van der Waals surface area contributed by atoms with Gasteiger partial charge in [0.1, 0.15) is 0 Å². The first-order valence-electron chi connectivity index (χ1n) is 4.60. The Balaban J connectivity index is 2.04. The Morgan fingerprint density at radius 1 is 1.69 bits per heavy atom. The number of carbonyl (C=O) groups is 1. The van der Waals surface area contributed by atoms with Crippen molar-refractivity contribution in [3.8, 4) is 0 Å². The fourth-order valence-electron chi connectivity index (χ4n) is 1.41. The second-order valence-electron chi connectivity index (χ2n) is 3.13. The molecule has 0 unspecified atom stereocenters. The highest BCUT2D eigenvalue weighted by atomic mass is 16.4. The van der Waals surface area contributed by atoms with Gasteiger partial charge in [-0.05, 0) is 25.7 Å². The van der Waals surface area contributed by atoms with E-state index in [0.29, 0.717) is 0 Å². The van der Waals surface area contributed by atoms with Gasteiger partial charge in [-0.2, -0.15) is 0 Å². The maximum Gasteiger partial charge on any atom is 0.329 e. The van der Waals surface area contributed by atoms with E-state index in [4.69, 9.17) is 5.11 Å². The molecule has 0 amide bonds. The third-order valence-electron chi connectivity index (χ3n) is 2.07. The van der Waals surface area contributed by atoms with Gasteiger partial charge in [0.2, 0.25) is 0 Å². The lowest BCUT2D eigenvalue weighted by Gasteiger charge is -2.00. The van der Waals surface area contributed by atoms with Gasteiger partial charge in [-0.1, -0.05) is 11.6 Å². The maximum absolute atomic E-state index is 10.1. The van der Waals surface area contributed by atoms with Gasteiger partial charge in [0.05, 0.1) is 0 Å². The van der Waals surface area contributed by atoms with Crippen molar-refractivity contribution in [3.05, 3.63) is 23.9 Å². The smallest absolute Gasteiger partial charge is 0.329 e. The van der Waals surface area contributed by atoms with E-state index < -0.39 is 5.97 Å². The van der Waals surface area contributed by atoms with E-state index in [0.717, 1.165) is 19.0 Å². The topological polar surface area (TPSA) is 49.3 Å². The molecule has 13 heavy (non-hydrogen) atoms. The van der Waals surface area contributed by atoms with Crippen molar-refractivity contribution in [2.45, 2.75) is 25.7 Å². The number of allylic oxidation sites excluding steroid dienone is 1. The summed E-state index contributed by atoms with van der Waals surface area (Å²) in [7, 11) is 0. The zero-order chi connectivity index (χ0) is 9.52. The minimum absolute atomic E-state index is 0.829. The van der Waals surface area contributed by atoms with Crippen LogP contribution >= 0.6 is 0 Å². The van der Waals surface area contributed by atoms with Crippen LogP contribution in [0.2, 0.25) is 0 Å². The molecule has 0 fully saturated rings. The van der Waals surface area contributed by atoms with Crippen LogP contribution in [0.25, 0.3) is 0 Å². The summed E-state index contributed by atoms with van der Waals surface area (Å²) in [6.45, 7) is 0.829.